The predicted octanol–water partition coefficient (Wildman–Crippen LogP) is 1.73. The molecule has 0 radical (unpaired) electrons. The second kappa shape index (κ2) is 8.91. The van der Waals surface area contributed by atoms with E-state index in [9.17, 15) is 29.2 Å². The molecule has 9 heteroatoms. The van der Waals surface area contributed by atoms with Gasteiger partial charge < -0.3 is 29.9 Å². The predicted molar refractivity (Wildman–Crippen MR) is 99.9 cm³/mol. The fourth-order valence-corrected chi connectivity index (χ4v) is 3.60. The monoisotopic (exact) mass is 430 g/mol. The zero-order chi connectivity index (χ0) is 21.3. The summed E-state index contributed by atoms with van der Waals surface area (Å²) in [5, 5.41) is 39.9. The van der Waals surface area contributed by atoms with Crippen molar-refractivity contribution in [1.29, 1.82) is 0 Å². The van der Waals surface area contributed by atoms with Crippen LogP contribution in [-0.4, -0.2) is 58.6 Å². The molecule has 1 heterocycles. The number of hydrogen-bond acceptors (Lipinski definition) is 6. The summed E-state index contributed by atoms with van der Waals surface area (Å²) in [6.45, 7) is -0.549. The Morgan fingerprint density at radius 3 is 2.28 bits per heavy atom. The van der Waals surface area contributed by atoms with Crippen LogP contribution >= 0.6 is 11.6 Å². The van der Waals surface area contributed by atoms with Crippen LogP contribution in [-0.2, 0) is 11.2 Å². The van der Waals surface area contributed by atoms with Crippen LogP contribution in [0.1, 0.15) is 22.8 Å². The van der Waals surface area contributed by atoms with Crippen molar-refractivity contribution in [2.24, 2.45) is 0 Å². The van der Waals surface area contributed by atoms with Crippen LogP contribution in [0.4, 0.5) is 8.78 Å². The van der Waals surface area contributed by atoms with Gasteiger partial charge in [-0.15, -0.1) is 0 Å². The molecule has 6 nitrogen and oxygen atoms in total. The van der Waals surface area contributed by atoms with E-state index in [1.54, 1.807) is 12.1 Å². The average molecular weight is 431 g/mol. The van der Waals surface area contributed by atoms with Crippen molar-refractivity contribution in [2.75, 3.05) is 13.7 Å². The molecule has 0 unspecified atom stereocenters. The van der Waals surface area contributed by atoms with Gasteiger partial charge in [-0.05, 0) is 41.3 Å². The lowest BCUT2D eigenvalue weighted by atomic mass is 9.90. The topological polar surface area (TPSA) is 99.4 Å². The van der Waals surface area contributed by atoms with Crippen molar-refractivity contribution in [2.45, 2.75) is 36.9 Å². The van der Waals surface area contributed by atoms with Gasteiger partial charge in [0.1, 0.15) is 30.5 Å². The first-order chi connectivity index (χ1) is 13.8. The van der Waals surface area contributed by atoms with E-state index >= 15 is 0 Å². The molecule has 0 bridgehead atoms. The first-order valence-electron chi connectivity index (χ1n) is 8.87. The number of methoxy groups -OCH3 is 1. The first-order valence-corrected chi connectivity index (χ1v) is 9.25. The summed E-state index contributed by atoms with van der Waals surface area (Å²) in [4.78, 5) is 0. The van der Waals surface area contributed by atoms with Gasteiger partial charge in [0.2, 0.25) is 0 Å². The summed E-state index contributed by atoms with van der Waals surface area (Å²) in [6, 6.07) is 6.95. The van der Waals surface area contributed by atoms with Gasteiger partial charge in [0.25, 0.3) is 0 Å². The number of ether oxygens (including phenoxy) is 2. The zero-order valence-corrected chi connectivity index (χ0v) is 16.2. The van der Waals surface area contributed by atoms with E-state index in [0.29, 0.717) is 21.7 Å². The van der Waals surface area contributed by atoms with Crippen LogP contribution in [0.15, 0.2) is 30.3 Å². The first kappa shape index (κ1) is 21.9. The standard InChI is InChI=1S/C20H21ClF2O6/c1-28-20-13(22)5-9(6-14(20)23)4-11-7-10(2-3-12(11)21)19-18(27)17(26)16(25)15(8-24)29-19/h2-3,5-7,15-19,24-27H,4,8H2,1H3/t15-,16-,17+,18-,19+/m1/s1. The summed E-state index contributed by atoms with van der Waals surface area (Å²) in [6.07, 6.45) is -6.44. The summed E-state index contributed by atoms with van der Waals surface area (Å²) in [7, 11) is 1.17. The molecule has 1 aliphatic rings. The van der Waals surface area contributed by atoms with Crippen molar-refractivity contribution in [3.63, 3.8) is 0 Å². The van der Waals surface area contributed by atoms with Crippen LogP contribution in [0.5, 0.6) is 5.75 Å². The molecule has 1 aliphatic heterocycles. The van der Waals surface area contributed by atoms with Crippen LogP contribution in [0.25, 0.3) is 0 Å². The highest BCUT2D eigenvalue weighted by molar-refractivity contribution is 6.31. The Bertz CT molecular complexity index is 855. The summed E-state index contributed by atoms with van der Waals surface area (Å²) in [5.74, 6) is -2.16. The second-order valence-corrected chi connectivity index (χ2v) is 7.28. The van der Waals surface area contributed by atoms with Gasteiger partial charge in [0.15, 0.2) is 17.4 Å². The molecule has 0 amide bonds. The Hall–Kier alpha value is -1.81. The Morgan fingerprint density at radius 2 is 1.69 bits per heavy atom. The quantitative estimate of drug-likeness (QED) is 0.576. The van der Waals surface area contributed by atoms with Crippen molar-refractivity contribution in [1.82, 2.24) is 0 Å². The molecular weight excluding hydrogens is 410 g/mol. The molecule has 4 N–H and O–H groups in total. The van der Waals surface area contributed by atoms with E-state index in [2.05, 4.69) is 4.74 Å². The third kappa shape index (κ3) is 4.37. The molecule has 3 rings (SSSR count). The fraction of sp³-hybridized carbons (Fsp3) is 0.400. The SMILES string of the molecule is COc1c(F)cc(Cc2cc([C@@H]3O[C@H](CO)[C@@H](O)[C@H](O)[C@H]3O)ccc2Cl)cc1F. The molecule has 0 aliphatic carbocycles. The molecule has 2 aromatic rings. The van der Waals surface area contributed by atoms with Gasteiger partial charge in [-0.3, -0.25) is 0 Å². The van der Waals surface area contributed by atoms with Crippen LogP contribution in [0.3, 0.4) is 0 Å². The third-order valence-corrected chi connectivity index (χ3v) is 5.32. The van der Waals surface area contributed by atoms with Crippen molar-refractivity contribution in [3.05, 3.63) is 63.7 Å². The van der Waals surface area contributed by atoms with E-state index in [1.807, 2.05) is 0 Å². The van der Waals surface area contributed by atoms with E-state index in [-0.39, 0.29) is 6.42 Å². The van der Waals surface area contributed by atoms with Crippen LogP contribution < -0.4 is 4.74 Å². The number of hydrogen-bond donors (Lipinski definition) is 4. The maximum Gasteiger partial charge on any atom is 0.190 e. The number of aliphatic hydroxyl groups excluding tert-OH is 4. The van der Waals surface area contributed by atoms with E-state index in [4.69, 9.17) is 16.3 Å². The molecule has 0 saturated carbocycles. The van der Waals surface area contributed by atoms with Gasteiger partial charge in [0, 0.05) is 5.02 Å². The number of aliphatic hydroxyl groups is 4. The smallest absolute Gasteiger partial charge is 0.190 e. The van der Waals surface area contributed by atoms with Crippen molar-refractivity contribution in [3.8, 4) is 5.75 Å². The van der Waals surface area contributed by atoms with Gasteiger partial charge in [-0.1, -0.05) is 23.7 Å². The Balaban J connectivity index is 1.91. The Kier molecular flexibility index (Phi) is 6.72. The minimum Gasteiger partial charge on any atom is -0.491 e. The zero-order valence-electron chi connectivity index (χ0n) is 15.4. The van der Waals surface area contributed by atoms with Gasteiger partial charge >= 0.3 is 0 Å². The molecule has 29 heavy (non-hydrogen) atoms. The number of halogens is 3. The van der Waals surface area contributed by atoms with E-state index < -0.39 is 54.5 Å². The largest absolute Gasteiger partial charge is 0.491 e. The Morgan fingerprint density at radius 1 is 1.03 bits per heavy atom. The lowest BCUT2D eigenvalue weighted by Crippen LogP contribution is -2.55. The van der Waals surface area contributed by atoms with Crippen molar-refractivity contribution < 1.29 is 38.7 Å². The minimum absolute atomic E-state index is 0.0852. The highest BCUT2D eigenvalue weighted by Crippen LogP contribution is 2.34. The molecule has 0 aromatic heterocycles. The third-order valence-electron chi connectivity index (χ3n) is 4.95. The fourth-order valence-electron chi connectivity index (χ4n) is 3.41. The molecule has 2 aromatic carbocycles. The highest BCUT2D eigenvalue weighted by atomic mass is 35.5. The molecule has 1 saturated heterocycles. The minimum atomic E-state index is -1.52. The van der Waals surface area contributed by atoms with Gasteiger partial charge in [-0.25, -0.2) is 8.78 Å². The lowest BCUT2D eigenvalue weighted by molar-refractivity contribution is -0.231. The maximum atomic E-state index is 14.0. The summed E-state index contributed by atoms with van der Waals surface area (Å²) >= 11 is 6.22. The molecule has 0 spiro atoms. The normalized spacial score (nSPS) is 27.1. The highest BCUT2D eigenvalue weighted by Gasteiger charge is 2.44. The van der Waals surface area contributed by atoms with E-state index in [0.717, 1.165) is 12.1 Å². The lowest BCUT2D eigenvalue weighted by Gasteiger charge is -2.40. The molecule has 1 fully saturated rings. The van der Waals surface area contributed by atoms with Gasteiger partial charge in [0.05, 0.1) is 13.7 Å². The number of benzene rings is 2. The molecular formula is C20H21ClF2O6. The van der Waals surface area contributed by atoms with Crippen LogP contribution in [0.2, 0.25) is 5.02 Å². The Labute approximate surface area is 170 Å². The number of rotatable bonds is 5. The summed E-state index contributed by atoms with van der Waals surface area (Å²) < 4.78 is 38.2. The maximum absolute atomic E-state index is 14.0. The van der Waals surface area contributed by atoms with Crippen LogP contribution in [0, 0.1) is 11.6 Å². The molecule has 5 atom stereocenters. The van der Waals surface area contributed by atoms with Gasteiger partial charge in [-0.2, -0.15) is 0 Å². The van der Waals surface area contributed by atoms with E-state index in [1.165, 1.54) is 13.2 Å². The summed E-state index contributed by atoms with van der Waals surface area (Å²) in [5.41, 5.74) is 1.24. The van der Waals surface area contributed by atoms with Crippen molar-refractivity contribution >= 4 is 11.6 Å². The molecule has 158 valence electrons. The average Bonchev–Trinajstić information content (AvgIpc) is 2.68. The second-order valence-electron chi connectivity index (χ2n) is 6.87.